The van der Waals surface area contributed by atoms with Crippen LogP contribution in [-0.4, -0.2) is 31.3 Å². The van der Waals surface area contributed by atoms with E-state index in [0.717, 1.165) is 32.9 Å². The van der Waals surface area contributed by atoms with Crippen molar-refractivity contribution < 1.29 is 18.9 Å². The molecule has 3 N–H and O–H groups in total. The number of H-pyrrole nitrogens is 1. The lowest BCUT2D eigenvalue weighted by Gasteiger charge is -2.27. The van der Waals surface area contributed by atoms with Crippen LogP contribution in [-0.2, 0) is 0 Å². The van der Waals surface area contributed by atoms with Crippen LogP contribution in [0.2, 0.25) is 0 Å². The Morgan fingerprint density at radius 2 is 1.82 bits per heavy atom. The second-order valence-electron chi connectivity index (χ2n) is 7.79. The number of aromatic amines is 1. The first-order valence-electron chi connectivity index (χ1n) is 10.4. The van der Waals surface area contributed by atoms with E-state index in [1.807, 2.05) is 30.3 Å². The van der Waals surface area contributed by atoms with Gasteiger partial charge in [0.05, 0.1) is 43.2 Å². The lowest BCUT2D eigenvalue weighted by Crippen LogP contribution is -2.21. The van der Waals surface area contributed by atoms with Crippen LogP contribution >= 0.6 is 11.3 Å². The minimum atomic E-state index is -0.498. The Labute approximate surface area is 200 Å². The number of hydrogen-bond donors (Lipinski definition) is 2. The number of allylic oxidation sites excluding steroid dienone is 1. The maximum Gasteiger partial charge on any atom is 0.205 e. The van der Waals surface area contributed by atoms with Gasteiger partial charge in [-0.2, -0.15) is 5.26 Å². The SMILES string of the molecule is COc1cc(C2C(C#N)=C(N)Oc3cc4nc(-c5ccc(C)s5)[nH]c4cc32)cc(OC)c1OC. The van der Waals surface area contributed by atoms with Gasteiger partial charge in [-0.25, -0.2) is 4.98 Å². The molecule has 4 aromatic rings. The number of nitrogens with one attached hydrogen (secondary N) is 1. The van der Waals surface area contributed by atoms with Crippen LogP contribution in [0.1, 0.15) is 21.9 Å². The Bertz CT molecular complexity index is 1470. The second-order valence-corrected chi connectivity index (χ2v) is 9.07. The van der Waals surface area contributed by atoms with Crippen molar-refractivity contribution in [3.8, 4) is 39.8 Å². The lowest BCUT2D eigenvalue weighted by molar-refractivity contribution is 0.323. The molecule has 0 amide bonds. The maximum absolute atomic E-state index is 9.97. The molecule has 0 spiro atoms. The van der Waals surface area contributed by atoms with Crippen molar-refractivity contribution in [2.24, 2.45) is 5.73 Å². The molecular formula is C25H22N4O4S. The Balaban J connectivity index is 1.71. The van der Waals surface area contributed by atoms with Crippen LogP contribution in [0.25, 0.3) is 21.7 Å². The molecule has 0 saturated carbocycles. The Morgan fingerprint density at radius 3 is 2.41 bits per heavy atom. The first kappa shape index (κ1) is 21.7. The van der Waals surface area contributed by atoms with E-state index in [1.165, 1.54) is 4.88 Å². The Hall–Kier alpha value is -4.16. The van der Waals surface area contributed by atoms with Crippen molar-refractivity contribution in [3.63, 3.8) is 0 Å². The third kappa shape index (κ3) is 3.40. The zero-order valence-corrected chi connectivity index (χ0v) is 19.9. The van der Waals surface area contributed by atoms with Gasteiger partial charge in [-0.05, 0) is 42.8 Å². The highest BCUT2D eigenvalue weighted by atomic mass is 32.1. The summed E-state index contributed by atoms with van der Waals surface area (Å²) in [6, 6.07) is 13.8. The van der Waals surface area contributed by atoms with E-state index in [9.17, 15) is 5.26 Å². The molecule has 9 heteroatoms. The summed E-state index contributed by atoms with van der Waals surface area (Å²) in [5.41, 5.74) is 9.61. The summed E-state index contributed by atoms with van der Waals surface area (Å²) < 4.78 is 22.4. The van der Waals surface area contributed by atoms with E-state index < -0.39 is 5.92 Å². The minimum Gasteiger partial charge on any atom is -0.493 e. The smallest absolute Gasteiger partial charge is 0.205 e. The molecule has 0 saturated heterocycles. The number of nitrogens with two attached hydrogens (primary N) is 1. The van der Waals surface area contributed by atoms with Gasteiger partial charge < -0.3 is 29.7 Å². The molecule has 0 aliphatic carbocycles. The number of thiophene rings is 1. The van der Waals surface area contributed by atoms with E-state index in [1.54, 1.807) is 32.7 Å². The van der Waals surface area contributed by atoms with Crippen LogP contribution in [0.5, 0.6) is 23.0 Å². The van der Waals surface area contributed by atoms with Gasteiger partial charge in [-0.3, -0.25) is 0 Å². The van der Waals surface area contributed by atoms with Gasteiger partial charge >= 0.3 is 0 Å². The number of nitrogens with zero attached hydrogens (tertiary/aromatic N) is 2. The van der Waals surface area contributed by atoms with E-state index in [-0.39, 0.29) is 5.88 Å². The predicted octanol–water partition coefficient (Wildman–Crippen LogP) is 4.84. The molecule has 172 valence electrons. The van der Waals surface area contributed by atoms with Gasteiger partial charge in [0.2, 0.25) is 11.6 Å². The molecule has 0 bridgehead atoms. The molecule has 2 aromatic heterocycles. The van der Waals surface area contributed by atoms with Crippen LogP contribution in [0.15, 0.2) is 47.9 Å². The van der Waals surface area contributed by atoms with Gasteiger partial charge in [0, 0.05) is 16.5 Å². The highest BCUT2D eigenvalue weighted by molar-refractivity contribution is 7.15. The Kier molecular flexibility index (Phi) is 5.30. The van der Waals surface area contributed by atoms with Crippen LogP contribution in [0.3, 0.4) is 0 Å². The highest BCUT2D eigenvalue weighted by Crippen LogP contribution is 2.48. The topological polar surface area (TPSA) is 115 Å². The molecule has 1 aliphatic rings. The number of methoxy groups -OCH3 is 3. The van der Waals surface area contributed by atoms with Crippen molar-refractivity contribution in [3.05, 3.63) is 63.9 Å². The molecular weight excluding hydrogens is 452 g/mol. The van der Waals surface area contributed by atoms with Crippen molar-refractivity contribution in [2.75, 3.05) is 21.3 Å². The molecule has 1 aliphatic heterocycles. The number of fused-ring (bicyclic) bond motifs is 2. The third-order valence-corrected chi connectivity index (χ3v) is 6.82. The first-order chi connectivity index (χ1) is 16.5. The summed E-state index contributed by atoms with van der Waals surface area (Å²) >= 11 is 1.67. The van der Waals surface area contributed by atoms with E-state index in [2.05, 4.69) is 24.0 Å². The van der Waals surface area contributed by atoms with Crippen LogP contribution < -0.4 is 24.7 Å². The summed E-state index contributed by atoms with van der Waals surface area (Å²) in [5.74, 6) is 2.32. The summed E-state index contributed by atoms with van der Waals surface area (Å²) in [6.07, 6.45) is 0. The average Bonchev–Trinajstić information content (AvgIpc) is 3.46. The number of aryl methyl sites for hydroxylation is 1. The van der Waals surface area contributed by atoms with Crippen molar-refractivity contribution in [1.29, 1.82) is 5.26 Å². The van der Waals surface area contributed by atoms with E-state index >= 15 is 0 Å². The summed E-state index contributed by atoms with van der Waals surface area (Å²) in [6.45, 7) is 2.06. The number of nitriles is 1. The van der Waals surface area contributed by atoms with Gasteiger partial charge in [-0.15, -0.1) is 11.3 Å². The molecule has 2 aromatic carbocycles. The molecule has 1 atom stereocenters. The van der Waals surface area contributed by atoms with Crippen molar-refractivity contribution >= 4 is 22.4 Å². The van der Waals surface area contributed by atoms with Crippen LogP contribution in [0, 0.1) is 18.3 Å². The van der Waals surface area contributed by atoms with Crippen molar-refractivity contribution in [1.82, 2.24) is 9.97 Å². The van der Waals surface area contributed by atoms with Crippen LogP contribution in [0.4, 0.5) is 0 Å². The molecule has 8 nitrogen and oxygen atoms in total. The first-order valence-corrected chi connectivity index (χ1v) is 11.3. The van der Waals surface area contributed by atoms with Gasteiger partial charge in [0.15, 0.2) is 11.5 Å². The predicted molar refractivity (Wildman–Crippen MR) is 130 cm³/mol. The summed E-state index contributed by atoms with van der Waals surface area (Å²) in [7, 11) is 4.65. The summed E-state index contributed by atoms with van der Waals surface area (Å²) in [4.78, 5) is 10.4. The highest BCUT2D eigenvalue weighted by Gasteiger charge is 2.33. The summed E-state index contributed by atoms with van der Waals surface area (Å²) in [5, 5.41) is 9.97. The normalized spacial score (nSPS) is 15.0. The molecule has 34 heavy (non-hydrogen) atoms. The number of ether oxygens (including phenoxy) is 4. The molecule has 0 radical (unpaired) electrons. The average molecular weight is 475 g/mol. The van der Waals surface area contributed by atoms with Gasteiger partial charge in [-0.1, -0.05) is 0 Å². The van der Waals surface area contributed by atoms with Crippen molar-refractivity contribution in [2.45, 2.75) is 12.8 Å². The number of rotatable bonds is 5. The molecule has 3 heterocycles. The largest absolute Gasteiger partial charge is 0.493 e. The minimum absolute atomic E-state index is 0.0535. The molecule has 0 fully saturated rings. The van der Waals surface area contributed by atoms with E-state index in [0.29, 0.717) is 28.6 Å². The molecule has 5 rings (SSSR count). The number of hydrogen-bond acceptors (Lipinski definition) is 8. The van der Waals surface area contributed by atoms with Gasteiger partial charge in [0.1, 0.15) is 23.2 Å². The van der Waals surface area contributed by atoms with E-state index in [4.69, 9.17) is 29.7 Å². The number of benzene rings is 2. The third-order valence-electron chi connectivity index (χ3n) is 5.81. The standard InChI is InChI=1S/C25H22N4O4S/c1-12-5-6-21(34-12)25-28-16-9-14-18(10-17(16)29-25)33-24(27)15(11-26)22(14)13-7-19(30-2)23(32-4)20(8-13)31-3/h5-10,22H,27H2,1-4H3,(H,28,29). The fourth-order valence-corrected chi connectivity index (χ4v) is 5.06. The van der Waals surface area contributed by atoms with Gasteiger partial charge in [0.25, 0.3) is 0 Å². The maximum atomic E-state index is 9.97. The fourth-order valence-electron chi connectivity index (χ4n) is 4.25. The number of aromatic nitrogens is 2. The zero-order chi connectivity index (χ0) is 24.0. The zero-order valence-electron chi connectivity index (χ0n) is 19.1. The monoisotopic (exact) mass is 474 g/mol. The Morgan fingerprint density at radius 1 is 1.09 bits per heavy atom. The lowest BCUT2D eigenvalue weighted by atomic mass is 9.83. The second kappa shape index (κ2) is 8.32. The number of imidazole rings is 1. The molecule has 1 unspecified atom stereocenters. The quantitative estimate of drug-likeness (QED) is 0.425. The fraction of sp³-hybridized carbons (Fsp3) is 0.200.